The highest BCUT2D eigenvalue weighted by Crippen LogP contribution is 2.19. The van der Waals surface area contributed by atoms with Crippen molar-refractivity contribution in [2.75, 3.05) is 13.1 Å². The zero-order valence-corrected chi connectivity index (χ0v) is 13.8. The molecule has 0 saturated carbocycles. The van der Waals surface area contributed by atoms with Crippen LogP contribution in [0.2, 0.25) is 0 Å². The normalized spacial score (nSPS) is 15.5. The van der Waals surface area contributed by atoms with Gasteiger partial charge < -0.3 is 5.32 Å². The molecule has 1 amide bonds. The van der Waals surface area contributed by atoms with Gasteiger partial charge in [0.1, 0.15) is 6.54 Å². The van der Waals surface area contributed by atoms with E-state index in [-0.39, 0.29) is 18.5 Å². The molecule has 24 heavy (non-hydrogen) atoms. The van der Waals surface area contributed by atoms with Crippen LogP contribution in [-0.2, 0) is 24.3 Å². The van der Waals surface area contributed by atoms with E-state index in [0.717, 1.165) is 19.5 Å². The molecule has 126 valence electrons. The first-order valence-corrected chi connectivity index (χ1v) is 8.22. The maximum atomic E-state index is 12.0. The molecule has 1 aliphatic heterocycles. The zero-order valence-electron chi connectivity index (χ0n) is 13.8. The second kappa shape index (κ2) is 7.40. The first-order chi connectivity index (χ1) is 11.6. The van der Waals surface area contributed by atoms with Crippen LogP contribution in [0.1, 0.15) is 18.1 Å². The third kappa shape index (κ3) is 3.89. The third-order valence-corrected chi connectivity index (χ3v) is 4.47. The minimum atomic E-state index is -0.409. The molecule has 3 rings (SSSR count). The van der Waals surface area contributed by atoms with Gasteiger partial charge in [0.05, 0.1) is 0 Å². The second-order valence-electron chi connectivity index (χ2n) is 6.17. The molecule has 0 saturated heterocycles. The lowest BCUT2D eigenvalue weighted by Gasteiger charge is -2.33. The quantitative estimate of drug-likeness (QED) is 0.883. The summed E-state index contributed by atoms with van der Waals surface area (Å²) in [6.45, 7) is 4.59. The molecule has 2 heterocycles. The van der Waals surface area contributed by atoms with Crippen molar-refractivity contribution in [3.63, 3.8) is 0 Å². The van der Waals surface area contributed by atoms with E-state index in [9.17, 15) is 9.59 Å². The van der Waals surface area contributed by atoms with Crippen molar-refractivity contribution in [1.29, 1.82) is 0 Å². The van der Waals surface area contributed by atoms with Crippen LogP contribution in [-0.4, -0.2) is 39.5 Å². The minimum Gasteiger partial charge on any atom is -0.353 e. The third-order valence-electron chi connectivity index (χ3n) is 4.47. The number of carbonyl (C=O) groups is 1. The molecule has 6 heteroatoms. The fraction of sp³-hybridized carbons (Fsp3) is 0.389. The standard InChI is InChI=1S/C18H22N4O2/c1-14(21-10-7-15-5-2-3-6-16(15)12-21)11-20-17(23)13-22-9-4-8-19-18(22)24/h2-6,8-9,14H,7,10-13H2,1H3,(H,20,23). The summed E-state index contributed by atoms with van der Waals surface area (Å²) >= 11 is 0. The number of fused-ring (bicyclic) bond motifs is 1. The van der Waals surface area contributed by atoms with Gasteiger partial charge in [-0.15, -0.1) is 0 Å². The highest BCUT2D eigenvalue weighted by molar-refractivity contribution is 5.75. The van der Waals surface area contributed by atoms with E-state index in [2.05, 4.69) is 46.4 Å². The van der Waals surface area contributed by atoms with Crippen LogP contribution in [0.5, 0.6) is 0 Å². The molecule has 0 radical (unpaired) electrons. The maximum absolute atomic E-state index is 12.0. The summed E-state index contributed by atoms with van der Waals surface area (Å²) in [6.07, 6.45) is 4.03. The number of hydrogen-bond donors (Lipinski definition) is 1. The van der Waals surface area contributed by atoms with Gasteiger partial charge in [0, 0.05) is 38.1 Å². The lowest BCUT2D eigenvalue weighted by atomic mass is 9.99. The number of carbonyl (C=O) groups excluding carboxylic acids is 1. The molecule has 0 aliphatic carbocycles. The molecule has 0 spiro atoms. The topological polar surface area (TPSA) is 67.2 Å². The Bertz CT molecular complexity index is 771. The van der Waals surface area contributed by atoms with Gasteiger partial charge >= 0.3 is 5.69 Å². The van der Waals surface area contributed by atoms with Gasteiger partial charge in [-0.2, -0.15) is 0 Å². The molecular formula is C18H22N4O2. The number of amides is 1. The van der Waals surface area contributed by atoms with Gasteiger partial charge in [0.2, 0.25) is 5.91 Å². The summed E-state index contributed by atoms with van der Waals surface area (Å²) in [6, 6.07) is 10.4. The van der Waals surface area contributed by atoms with Gasteiger partial charge in [-0.3, -0.25) is 14.3 Å². The fourth-order valence-electron chi connectivity index (χ4n) is 3.00. The minimum absolute atomic E-state index is 0.00221. The number of benzene rings is 1. The molecular weight excluding hydrogens is 304 g/mol. The van der Waals surface area contributed by atoms with Crippen LogP contribution in [0, 0.1) is 0 Å². The highest BCUT2D eigenvalue weighted by Gasteiger charge is 2.20. The number of aromatic nitrogens is 2. The van der Waals surface area contributed by atoms with Gasteiger partial charge in [-0.05, 0) is 30.5 Å². The highest BCUT2D eigenvalue weighted by atomic mass is 16.2. The smallest absolute Gasteiger partial charge is 0.347 e. The van der Waals surface area contributed by atoms with Crippen molar-refractivity contribution in [2.24, 2.45) is 0 Å². The van der Waals surface area contributed by atoms with Crippen molar-refractivity contribution in [3.8, 4) is 0 Å². The lowest BCUT2D eigenvalue weighted by Crippen LogP contribution is -2.45. The largest absolute Gasteiger partial charge is 0.353 e. The van der Waals surface area contributed by atoms with E-state index in [1.807, 2.05) is 0 Å². The average Bonchev–Trinajstić information content (AvgIpc) is 2.61. The van der Waals surface area contributed by atoms with Crippen LogP contribution in [0.3, 0.4) is 0 Å². The summed E-state index contributed by atoms with van der Waals surface area (Å²) in [4.78, 5) is 29.6. The van der Waals surface area contributed by atoms with E-state index in [1.165, 1.54) is 21.9 Å². The Morgan fingerprint density at radius 1 is 1.29 bits per heavy atom. The van der Waals surface area contributed by atoms with E-state index in [1.54, 1.807) is 12.3 Å². The Hall–Kier alpha value is -2.47. The molecule has 1 N–H and O–H groups in total. The molecule has 1 atom stereocenters. The Labute approximate surface area is 141 Å². The summed E-state index contributed by atoms with van der Waals surface area (Å²) in [7, 11) is 0. The predicted molar refractivity (Wildman–Crippen MR) is 91.5 cm³/mol. The monoisotopic (exact) mass is 326 g/mol. The summed E-state index contributed by atoms with van der Waals surface area (Å²) in [5, 5.41) is 2.91. The average molecular weight is 326 g/mol. The van der Waals surface area contributed by atoms with Crippen LogP contribution >= 0.6 is 0 Å². The first kappa shape index (κ1) is 16.4. The molecule has 0 bridgehead atoms. The van der Waals surface area contributed by atoms with Crippen LogP contribution in [0.15, 0.2) is 47.5 Å². The number of nitrogens with zero attached hydrogens (tertiary/aromatic N) is 3. The van der Waals surface area contributed by atoms with Crippen molar-refractivity contribution in [1.82, 2.24) is 19.8 Å². The fourth-order valence-corrected chi connectivity index (χ4v) is 3.00. The van der Waals surface area contributed by atoms with Gasteiger partial charge in [0.15, 0.2) is 0 Å². The Balaban J connectivity index is 1.51. The Morgan fingerprint density at radius 2 is 2.08 bits per heavy atom. The van der Waals surface area contributed by atoms with E-state index in [4.69, 9.17) is 0 Å². The van der Waals surface area contributed by atoms with Gasteiger partial charge in [-0.25, -0.2) is 9.78 Å². The van der Waals surface area contributed by atoms with E-state index in [0.29, 0.717) is 6.54 Å². The Kier molecular flexibility index (Phi) is 5.05. The zero-order chi connectivity index (χ0) is 16.9. The van der Waals surface area contributed by atoms with Gasteiger partial charge in [0.25, 0.3) is 0 Å². The van der Waals surface area contributed by atoms with E-state index < -0.39 is 5.69 Å². The van der Waals surface area contributed by atoms with E-state index >= 15 is 0 Å². The van der Waals surface area contributed by atoms with Crippen molar-refractivity contribution >= 4 is 5.91 Å². The first-order valence-electron chi connectivity index (χ1n) is 8.22. The maximum Gasteiger partial charge on any atom is 0.347 e. The van der Waals surface area contributed by atoms with Crippen LogP contribution in [0.25, 0.3) is 0 Å². The summed E-state index contributed by atoms with van der Waals surface area (Å²) in [5.74, 6) is -0.172. The molecule has 1 aromatic heterocycles. The SMILES string of the molecule is CC(CNC(=O)Cn1cccnc1=O)N1CCc2ccccc2C1. The Morgan fingerprint density at radius 3 is 2.88 bits per heavy atom. The van der Waals surface area contributed by atoms with Gasteiger partial charge in [-0.1, -0.05) is 24.3 Å². The molecule has 1 unspecified atom stereocenters. The van der Waals surface area contributed by atoms with Crippen molar-refractivity contribution in [2.45, 2.75) is 32.5 Å². The summed E-state index contributed by atoms with van der Waals surface area (Å²) < 4.78 is 1.30. The lowest BCUT2D eigenvalue weighted by molar-refractivity contribution is -0.122. The van der Waals surface area contributed by atoms with Crippen LogP contribution < -0.4 is 11.0 Å². The van der Waals surface area contributed by atoms with Crippen molar-refractivity contribution in [3.05, 3.63) is 64.3 Å². The molecule has 2 aromatic rings. The molecule has 1 aromatic carbocycles. The number of nitrogens with one attached hydrogen (secondary N) is 1. The number of rotatable bonds is 5. The molecule has 1 aliphatic rings. The number of hydrogen-bond acceptors (Lipinski definition) is 4. The van der Waals surface area contributed by atoms with Crippen LogP contribution in [0.4, 0.5) is 0 Å². The summed E-state index contributed by atoms with van der Waals surface area (Å²) in [5.41, 5.74) is 2.37. The molecule has 0 fully saturated rings. The van der Waals surface area contributed by atoms with Crippen molar-refractivity contribution < 1.29 is 4.79 Å². The second-order valence-corrected chi connectivity index (χ2v) is 6.17. The predicted octanol–water partition coefficient (Wildman–Crippen LogP) is 0.806. The molecule has 6 nitrogen and oxygen atoms in total.